The van der Waals surface area contributed by atoms with E-state index in [0.717, 1.165) is 6.42 Å². The summed E-state index contributed by atoms with van der Waals surface area (Å²) in [5.41, 5.74) is -3.28. The lowest BCUT2D eigenvalue weighted by Gasteiger charge is -2.54. The first-order valence-electron chi connectivity index (χ1n) is 14.0. The summed E-state index contributed by atoms with van der Waals surface area (Å²) in [6, 6.07) is 6.65. The highest BCUT2D eigenvalue weighted by atomic mass is 19.2. The van der Waals surface area contributed by atoms with Gasteiger partial charge in [0.1, 0.15) is 29.4 Å². The van der Waals surface area contributed by atoms with Gasteiger partial charge in [0.25, 0.3) is 0 Å². The number of nitrogens with zero attached hydrogens (tertiary/aromatic N) is 1. The van der Waals surface area contributed by atoms with E-state index in [2.05, 4.69) is 11.7 Å². The number of piperidine rings is 1. The molecule has 1 saturated carbocycles. The van der Waals surface area contributed by atoms with Gasteiger partial charge in [0.2, 0.25) is 0 Å². The van der Waals surface area contributed by atoms with Crippen LogP contribution in [0.25, 0.3) is 0 Å². The van der Waals surface area contributed by atoms with Crippen LogP contribution in [0.4, 0.5) is 43.9 Å². The highest BCUT2D eigenvalue weighted by Crippen LogP contribution is 2.43. The highest BCUT2D eigenvalue weighted by Gasteiger charge is 2.50. The SMILES string of the molecule is Fc1c(F)c(F)c([B-](C#Cc2ccccc2)(c2c(F)c(F)c(F)c(F)c2F)[C@@H]2CCCC[C@H]2N2CCCCC2)c(F)c1F. The molecule has 0 amide bonds. The zero-order valence-corrected chi connectivity index (χ0v) is 22.7. The first-order valence-corrected chi connectivity index (χ1v) is 14.0. The van der Waals surface area contributed by atoms with Crippen LogP contribution in [0.1, 0.15) is 50.5 Å². The highest BCUT2D eigenvalue weighted by molar-refractivity contribution is 7.09. The van der Waals surface area contributed by atoms with Crippen molar-refractivity contribution in [1.29, 1.82) is 0 Å². The van der Waals surface area contributed by atoms with E-state index in [0.29, 0.717) is 32.4 Å². The molecular weight excluding hydrogens is 587 g/mol. The maximum absolute atomic E-state index is 15.9. The van der Waals surface area contributed by atoms with Gasteiger partial charge in [-0.05, 0) is 50.5 Å². The molecule has 0 aromatic heterocycles. The van der Waals surface area contributed by atoms with Crippen LogP contribution in [0.2, 0.25) is 5.82 Å². The zero-order valence-electron chi connectivity index (χ0n) is 22.7. The lowest BCUT2D eigenvalue weighted by atomic mass is 9.11. The van der Waals surface area contributed by atoms with Crippen molar-refractivity contribution in [3.63, 3.8) is 0 Å². The molecule has 12 heteroatoms. The standard InChI is InChI=1S/C31H25BF10N/c33-22-20(23(34)27(38)30(41)26(22)37)32(14-13-17-9-3-1-4-10-17,21-24(35)28(39)31(42)29(40)25(21)36)18-11-5-6-12-19(18)43-15-7-2-8-16-43/h1,3-4,9-10,18-19H,2,5-8,11-12,15-16H2/q-1/t18-,19-/m1/s1. The first kappa shape index (κ1) is 31.0. The molecule has 1 heterocycles. The average molecular weight is 612 g/mol. The molecule has 2 atom stereocenters. The quantitative estimate of drug-likeness (QED) is 0.101. The van der Waals surface area contributed by atoms with E-state index in [1.54, 1.807) is 6.07 Å². The minimum atomic E-state index is -4.25. The van der Waals surface area contributed by atoms with Gasteiger partial charge in [0.05, 0.1) is 0 Å². The monoisotopic (exact) mass is 612 g/mol. The summed E-state index contributed by atoms with van der Waals surface area (Å²) in [4.78, 5) is 1.89. The molecule has 0 radical (unpaired) electrons. The summed E-state index contributed by atoms with van der Waals surface area (Å²) in [5, 5.41) is 0. The Labute approximate surface area is 241 Å². The molecule has 0 spiro atoms. The van der Waals surface area contributed by atoms with Crippen molar-refractivity contribution in [2.45, 2.75) is 56.8 Å². The van der Waals surface area contributed by atoms with E-state index in [1.807, 2.05) is 4.90 Å². The van der Waals surface area contributed by atoms with Gasteiger partial charge in [-0.15, -0.1) is 22.7 Å². The van der Waals surface area contributed by atoms with Gasteiger partial charge in [-0.3, -0.25) is 5.82 Å². The third kappa shape index (κ3) is 5.19. The Morgan fingerprint density at radius 1 is 0.535 bits per heavy atom. The van der Waals surface area contributed by atoms with Gasteiger partial charge in [-0.1, -0.05) is 43.9 Å². The minimum Gasteiger partial charge on any atom is -0.303 e. The molecule has 1 nitrogen and oxygen atoms in total. The van der Waals surface area contributed by atoms with Crippen LogP contribution < -0.4 is 10.9 Å². The van der Waals surface area contributed by atoms with Crippen LogP contribution in [0.3, 0.4) is 0 Å². The Bertz CT molecular complexity index is 1470. The zero-order chi connectivity index (χ0) is 31.1. The van der Waals surface area contributed by atoms with Crippen molar-refractivity contribution in [3.8, 4) is 11.7 Å². The van der Waals surface area contributed by atoms with Gasteiger partial charge < -0.3 is 4.90 Å². The fourth-order valence-electron chi connectivity index (χ4n) is 7.01. The summed E-state index contributed by atoms with van der Waals surface area (Å²) in [6.07, 6.45) is -0.972. The Kier molecular flexibility index (Phi) is 8.84. The molecule has 1 aliphatic heterocycles. The molecule has 5 rings (SSSR count). The Balaban J connectivity index is 1.99. The molecule has 43 heavy (non-hydrogen) atoms. The molecule has 0 unspecified atom stereocenters. The lowest BCUT2D eigenvalue weighted by molar-refractivity contribution is 0.129. The summed E-state index contributed by atoms with van der Waals surface area (Å²) in [7, 11) is 0. The van der Waals surface area contributed by atoms with Gasteiger partial charge in [-0.2, -0.15) is 0 Å². The first-order chi connectivity index (χ1) is 20.5. The molecule has 2 fully saturated rings. The van der Waals surface area contributed by atoms with Crippen molar-refractivity contribution in [3.05, 3.63) is 94.1 Å². The van der Waals surface area contributed by atoms with Crippen molar-refractivity contribution < 1.29 is 43.9 Å². The van der Waals surface area contributed by atoms with E-state index in [4.69, 9.17) is 0 Å². The predicted molar refractivity (Wildman–Crippen MR) is 142 cm³/mol. The molecule has 1 aliphatic carbocycles. The van der Waals surface area contributed by atoms with E-state index >= 15 is 17.6 Å². The smallest absolute Gasteiger partial charge is 0.200 e. The van der Waals surface area contributed by atoms with Crippen LogP contribution in [0.5, 0.6) is 0 Å². The van der Waals surface area contributed by atoms with Crippen LogP contribution >= 0.6 is 0 Å². The van der Waals surface area contributed by atoms with Crippen LogP contribution in [0.15, 0.2) is 30.3 Å². The van der Waals surface area contributed by atoms with Gasteiger partial charge in [-0.25, -0.2) is 43.9 Å². The van der Waals surface area contributed by atoms with Gasteiger partial charge in [0.15, 0.2) is 34.9 Å². The number of hydrogen-bond donors (Lipinski definition) is 0. The van der Waals surface area contributed by atoms with Crippen LogP contribution in [-0.2, 0) is 0 Å². The minimum absolute atomic E-state index is 0.0936. The largest absolute Gasteiger partial charge is 0.303 e. The number of halogens is 10. The molecule has 228 valence electrons. The molecular formula is C31H25BF10N-. The molecule has 3 aromatic carbocycles. The van der Waals surface area contributed by atoms with E-state index in [1.165, 1.54) is 24.3 Å². The third-order valence-corrected chi connectivity index (χ3v) is 8.90. The summed E-state index contributed by atoms with van der Waals surface area (Å²) in [5.74, 6) is -20.9. The summed E-state index contributed by atoms with van der Waals surface area (Å²) in [6.45, 7) is 0.904. The van der Waals surface area contributed by atoms with Gasteiger partial charge in [0, 0.05) is 5.56 Å². The predicted octanol–water partition coefficient (Wildman–Crippen LogP) is 7.03. The molecule has 0 bridgehead atoms. The number of hydrogen-bond acceptors (Lipinski definition) is 1. The Morgan fingerprint density at radius 2 is 0.977 bits per heavy atom. The average Bonchev–Trinajstić information content (AvgIpc) is 3.04. The summed E-state index contributed by atoms with van der Waals surface area (Å²) < 4.78 is 152. The van der Waals surface area contributed by atoms with E-state index in [-0.39, 0.29) is 24.8 Å². The molecule has 2 aliphatic rings. The Hall–Kier alpha value is -3.46. The van der Waals surface area contributed by atoms with Crippen LogP contribution in [0, 0.1) is 69.9 Å². The van der Waals surface area contributed by atoms with Crippen molar-refractivity contribution in [2.24, 2.45) is 0 Å². The Morgan fingerprint density at radius 3 is 1.47 bits per heavy atom. The normalized spacial score (nSPS) is 19.7. The lowest BCUT2D eigenvalue weighted by Crippen LogP contribution is -2.69. The van der Waals surface area contributed by atoms with E-state index < -0.39 is 87.1 Å². The van der Waals surface area contributed by atoms with Crippen molar-refractivity contribution in [1.82, 2.24) is 4.90 Å². The van der Waals surface area contributed by atoms with Crippen LogP contribution in [-0.4, -0.2) is 30.2 Å². The molecule has 1 saturated heterocycles. The second-order valence-corrected chi connectivity index (χ2v) is 11.1. The maximum Gasteiger partial charge on any atom is 0.200 e. The second kappa shape index (κ2) is 12.3. The molecule has 3 aromatic rings. The topological polar surface area (TPSA) is 3.24 Å². The maximum atomic E-state index is 15.9. The fourth-order valence-corrected chi connectivity index (χ4v) is 7.01. The third-order valence-electron chi connectivity index (χ3n) is 8.90. The number of benzene rings is 3. The second-order valence-electron chi connectivity index (χ2n) is 11.1. The number of likely N-dealkylation sites (tertiary alicyclic amines) is 1. The summed E-state index contributed by atoms with van der Waals surface area (Å²) >= 11 is 0. The fraction of sp³-hybridized carbons (Fsp3) is 0.355. The molecule has 0 N–H and O–H groups in total. The van der Waals surface area contributed by atoms with Gasteiger partial charge >= 0.3 is 0 Å². The van der Waals surface area contributed by atoms with E-state index in [9.17, 15) is 26.3 Å². The van der Waals surface area contributed by atoms with Crippen molar-refractivity contribution >= 4 is 17.1 Å². The van der Waals surface area contributed by atoms with Crippen molar-refractivity contribution in [2.75, 3.05) is 13.1 Å². The number of rotatable bonds is 4.